The highest BCUT2D eigenvalue weighted by Gasteiger charge is 2.38. The van der Waals surface area contributed by atoms with Gasteiger partial charge in [-0.05, 0) is 53.1 Å². The van der Waals surface area contributed by atoms with Gasteiger partial charge in [0.1, 0.15) is 40.0 Å². The Morgan fingerprint density at radius 3 is 1.10 bits per heavy atom. The number of phenols is 2. The normalized spacial score (nSPS) is 11.0. The minimum atomic E-state index is -0.0678. The standard InChI is InChI=1S/C25H22NO.C19H16O3/c1-27-25-19-17-24(18-20-25)26(21-11-5-2-6-12-21,22-13-7-3-8-14-22)23-15-9-4-10-16-23;20-16-7-1-13(2-8-16)19(14-3-9-17(21)10-4-14)15-5-11-18(22)12-6-15/h2-20H,1H3;1-12,19-22H/q+1;/p-1. The van der Waals surface area contributed by atoms with Gasteiger partial charge in [-0.15, -0.1) is 5.75 Å². The van der Waals surface area contributed by atoms with Gasteiger partial charge in [-0.25, -0.2) is 0 Å². The average Bonchev–Trinajstić information content (AvgIpc) is 3.16. The molecule has 242 valence electrons. The second-order valence-electron chi connectivity index (χ2n) is 11.6. The van der Waals surface area contributed by atoms with E-state index in [9.17, 15) is 15.3 Å². The Kier molecular flexibility index (Phi) is 10.0. The van der Waals surface area contributed by atoms with Crippen LogP contribution in [0, 0.1) is 0 Å². The average molecular weight is 644 g/mol. The summed E-state index contributed by atoms with van der Waals surface area (Å²) in [5.41, 5.74) is 7.68. The third-order valence-electron chi connectivity index (χ3n) is 8.56. The van der Waals surface area contributed by atoms with Crippen LogP contribution in [0.15, 0.2) is 188 Å². The van der Waals surface area contributed by atoms with Crippen molar-refractivity contribution >= 4 is 22.7 Å². The largest absolute Gasteiger partial charge is 0.872 e. The molecule has 0 aliphatic rings. The zero-order valence-electron chi connectivity index (χ0n) is 27.1. The Morgan fingerprint density at radius 2 is 0.755 bits per heavy atom. The van der Waals surface area contributed by atoms with Crippen LogP contribution in [0.4, 0.5) is 22.7 Å². The fourth-order valence-electron chi connectivity index (χ4n) is 6.23. The lowest BCUT2D eigenvalue weighted by atomic mass is 9.85. The molecule has 0 spiro atoms. The van der Waals surface area contributed by atoms with Crippen LogP contribution in [-0.2, 0) is 0 Å². The van der Waals surface area contributed by atoms with Gasteiger partial charge >= 0.3 is 0 Å². The van der Waals surface area contributed by atoms with Crippen LogP contribution in [0.1, 0.15) is 22.6 Å². The molecule has 0 radical (unpaired) electrons. The lowest BCUT2D eigenvalue weighted by molar-refractivity contribution is -0.268. The maximum Gasteiger partial charge on any atom is 0.148 e. The predicted octanol–water partition coefficient (Wildman–Crippen LogP) is 10.3. The molecule has 0 unspecified atom stereocenters. The third kappa shape index (κ3) is 7.18. The van der Waals surface area contributed by atoms with E-state index in [4.69, 9.17) is 4.74 Å². The maximum absolute atomic E-state index is 11.3. The van der Waals surface area contributed by atoms with Crippen LogP contribution in [0.3, 0.4) is 0 Å². The number of hydrogen-bond donors (Lipinski definition) is 2. The van der Waals surface area contributed by atoms with Crippen molar-refractivity contribution in [1.82, 2.24) is 4.48 Å². The van der Waals surface area contributed by atoms with E-state index >= 15 is 0 Å². The van der Waals surface area contributed by atoms with Crippen LogP contribution in [-0.4, -0.2) is 17.3 Å². The highest BCUT2D eigenvalue weighted by Crippen LogP contribution is 2.51. The molecule has 5 heteroatoms. The highest BCUT2D eigenvalue weighted by molar-refractivity contribution is 5.81. The molecule has 0 amide bonds. The SMILES string of the molecule is COc1ccc([N+](c2ccccc2)(c2ccccc2)c2ccccc2)cc1.[O-]c1ccc(C(c2ccc(O)cc2)c2ccc(O)cc2)cc1. The first-order valence-corrected chi connectivity index (χ1v) is 16.0. The Hall–Kier alpha value is -6.30. The Labute approximate surface area is 287 Å². The van der Waals surface area contributed by atoms with E-state index in [-0.39, 0.29) is 23.2 Å². The summed E-state index contributed by atoms with van der Waals surface area (Å²) in [7, 11) is 1.70. The zero-order chi connectivity index (χ0) is 34.1. The number of quaternary nitrogens is 1. The van der Waals surface area contributed by atoms with Gasteiger partial charge in [0.15, 0.2) is 0 Å². The van der Waals surface area contributed by atoms with Crippen molar-refractivity contribution in [1.29, 1.82) is 0 Å². The van der Waals surface area contributed by atoms with Crippen molar-refractivity contribution in [3.8, 4) is 23.0 Å². The Bertz CT molecular complexity index is 1830. The van der Waals surface area contributed by atoms with Gasteiger partial charge in [-0.1, -0.05) is 103 Å². The van der Waals surface area contributed by atoms with Crippen LogP contribution < -0.4 is 14.3 Å². The summed E-state index contributed by atoms with van der Waals surface area (Å²) in [4.78, 5) is 0. The quantitative estimate of drug-likeness (QED) is 0.128. The molecule has 2 N–H and O–H groups in total. The molecule has 7 aromatic carbocycles. The molecular formula is C44H37NO4. The molecule has 0 bridgehead atoms. The molecule has 0 saturated carbocycles. The number of rotatable bonds is 8. The van der Waals surface area contributed by atoms with Crippen LogP contribution in [0.5, 0.6) is 23.0 Å². The smallest absolute Gasteiger partial charge is 0.148 e. The predicted molar refractivity (Wildman–Crippen MR) is 196 cm³/mol. The van der Waals surface area contributed by atoms with Gasteiger partial charge in [0.05, 0.1) is 7.11 Å². The van der Waals surface area contributed by atoms with E-state index in [0.717, 1.165) is 28.1 Å². The molecule has 0 aliphatic carbocycles. The first-order valence-electron chi connectivity index (χ1n) is 16.0. The van der Waals surface area contributed by atoms with Crippen molar-refractivity contribution in [3.63, 3.8) is 0 Å². The lowest BCUT2D eigenvalue weighted by Gasteiger charge is -2.37. The van der Waals surface area contributed by atoms with E-state index < -0.39 is 0 Å². The number of ether oxygens (including phenoxy) is 1. The van der Waals surface area contributed by atoms with E-state index in [1.807, 2.05) is 48.5 Å². The summed E-state index contributed by atoms with van der Waals surface area (Å²) < 4.78 is 5.90. The second kappa shape index (κ2) is 15.1. The molecule has 0 aromatic heterocycles. The Balaban J connectivity index is 0.000000174. The van der Waals surface area contributed by atoms with Crippen molar-refractivity contribution in [2.24, 2.45) is 0 Å². The minimum Gasteiger partial charge on any atom is -0.872 e. The number of benzene rings is 7. The van der Waals surface area contributed by atoms with Crippen molar-refractivity contribution in [3.05, 3.63) is 205 Å². The first-order chi connectivity index (χ1) is 24.0. The highest BCUT2D eigenvalue weighted by atomic mass is 16.5. The minimum absolute atomic E-state index is 0.0288. The van der Waals surface area contributed by atoms with E-state index in [2.05, 4.69) is 103 Å². The van der Waals surface area contributed by atoms with Crippen molar-refractivity contribution in [2.45, 2.75) is 5.92 Å². The summed E-state index contributed by atoms with van der Waals surface area (Å²) in [5.74, 6) is 1.18. The summed E-state index contributed by atoms with van der Waals surface area (Å²) in [6, 6.07) is 60.9. The van der Waals surface area contributed by atoms with E-state index in [1.54, 1.807) is 43.5 Å². The van der Waals surface area contributed by atoms with Crippen molar-refractivity contribution < 1.29 is 20.1 Å². The number of aromatic hydroxyl groups is 2. The molecule has 0 heterocycles. The van der Waals surface area contributed by atoms with Crippen LogP contribution in [0.2, 0.25) is 0 Å². The second-order valence-corrected chi connectivity index (χ2v) is 11.6. The number of phenolic OH excluding ortho intramolecular Hbond substituents is 2. The van der Waals surface area contributed by atoms with E-state index in [1.165, 1.54) is 17.1 Å². The summed E-state index contributed by atoms with van der Waals surface area (Å²) in [6.07, 6.45) is 0. The first kappa shape index (κ1) is 32.6. The maximum atomic E-state index is 11.3. The number of nitrogens with zero attached hydrogens (tertiary/aromatic N) is 1. The van der Waals surface area contributed by atoms with Gasteiger partial charge in [0.25, 0.3) is 0 Å². The van der Waals surface area contributed by atoms with Gasteiger partial charge in [-0.3, -0.25) is 0 Å². The number of para-hydroxylation sites is 3. The monoisotopic (exact) mass is 643 g/mol. The Morgan fingerprint density at radius 1 is 0.429 bits per heavy atom. The molecular weight excluding hydrogens is 606 g/mol. The molecule has 49 heavy (non-hydrogen) atoms. The molecule has 0 fully saturated rings. The third-order valence-corrected chi connectivity index (χ3v) is 8.56. The van der Waals surface area contributed by atoms with Crippen LogP contribution >= 0.6 is 0 Å². The number of hydrogen-bond acceptors (Lipinski definition) is 4. The summed E-state index contributed by atoms with van der Waals surface area (Å²) in [6.45, 7) is 0. The summed E-state index contributed by atoms with van der Waals surface area (Å²) >= 11 is 0. The number of methoxy groups -OCH3 is 1. The molecule has 7 aromatic rings. The van der Waals surface area contributed by atoms with Gasteiger partial charge in [-0.2, -0.15) is 4.48 Å². The lowest BCUT2D eigenvalue weighted by Crippen LogP contribution is -2.33. The van der Waals surface area contributed by atoms with Gasteiger partial charge < -0.3 is 20.1 Å². The van der Waals surface area contributed by atoms with Crippen molar-refractivity contribution in [2.75, 3.05) is 7.11 Å². The zero-order valence-corrected chi connectivity index (χ0v) is 27.1. The molecule has 0 saturated heterocycles. The van der Waals surface area contributed by atoms with Crippen LogP contribution in [0.25, 0.3) is 0 Å². The topological polar surface area (TPSA) is 72.8 Å². The molecule has 0 aliphatic heterocycles. The van der Waals surface area contributed by atoms with Gasteiger partial charge in [0, 0.05) is 54.4 Å². The molecule has 0 atom stereocenters. The molecule has 5 nitrogen and oxygen atoms in total. The fourth-order valence-corrected chi connectivity index (χ4v) is 6.23. The van der Waals surface area contributed by atoms with Gasteiger partial charge in [0.2, 0.25) is 0 Å². The fraction of sp³-hybridized carbons (Fsp3) is 0.0455. The molecule has 7 rings (SSSR count). The van der Waals surface area contributed by atoms with E-state index in [0.29, 0.717) is 4.48 Å². The summed E-state index contributed by atoms with van der Waals surface area (Å²) in [5, 5.41) is 30.3.